The fourth-order valence-corrected chi connectivity index (χ4v) is 3.84. The van der Waals surface area contributed by atoms with Crippen LogP contribution in [0.3, 0.4) is 0 Å². The standard InChI is InChI=1S/C13H26N4O3S/c1-16-8-5-11(6-9-16)14-13(18)15-12-4-3-7-17(10-12)21(2,19)20/h11-12H,3-10H2,1-2H3,(H2,14,15,18). The van der Waals surface area contributed by atoms with Crippen molar-refractivity contribution in [3.63, 3.8) is 0 Å². The van der Waals surface area contributed by atoms with Crippen molar-refractivity contribution in [1.29, 1.82) is 0 Å². The minimum atomic E-state index is -3.17. The molecule has 0 aliphatic carbocycles. The van der Waals surface area contributed by atoms with Crippen LogP contribution in [0.1, 0.15) is 25.7 Å². The second kappa shape index (κ2) is 6.93. The quantitative estimate of drug-likeness (QED) is 0.755. The fraction of sp³-hybridized carbons (Fsp3) is 0.923. The lowest BCUT2D eigenvalue weighted by Crippen LogP contribution is -2.54. The lowest BCUT2D eigenvalue weighted by atomic mass is 10.1. The predicted molar refractivity (Wildman–Crippen MR) is 81.6 cm³/mol. The van der Waals surface area contributed by atoms with Crippen molar-refractivity contribution < 1.29 is 13.2 Å². The van der Waals surface area contributed by atoms with Gasteiger partial charge in [-0.3, -0.25) is 0 Å². The monoisotopic (exact) mass is 318 g/mol. The number of likely N-dealkylation sites (tertiary alicyclic amines) is 1. The molecule has 0 spiro atoms. The lowest BCUT2D eigenvalue weighted by molar-refractivity contribution is 0.205. The summed E-state index contributed by atoms with van der Waals surface area (Å²) in [6.45, 7) is 2.92. The summed E-state index contributed by atoms with van der Waals surface area (Å²) in [6.07, 6.45) is 4.75. The van der Waals surface area contributed by atoms with Gasteiger partial charge in [0, 0.05) is 25.2 Å². The number of rotatable bonds is 3. The molecule has 2 rings (SSSR count). The Kier molecular flexibility index (Phi) is 5.45. The van der Waals surface area contributed by atoms with E-state index in [1.807, 2.05) is 0 Å². The van der Waals surface area contributed by atoms with Crippen LogP contribution in [-0.2, 0) is 10.0 Å². The first-order valence-electron chi connectivity index (χ1n) is 7.55. The third-order valence-corrected chi connectivity index (χ3v) is 5.51. The van der Waals surface area contributed by atoms with E-state index in [2.05, 4.69) is 22.6 Å². The Balaban J connectivity index is 1.77. The maximum Gasteiger partial charge on any atom is 0.315 e. The molecule has 0 aromatic heterocycles. The third kappa shape index (κ3) is 5.12. The Morgan fingerprint density at radius 2 is 1.67 bits per heavy atom. The lowest BCUT2D eigenvalue weighted by Gasteiger charge is -2.33. The molecule has 0 aromatic carbocycles. The average Bonchev–Trinajstić information content (AvgIpc) is 2.41. The molecule has 0 radical (unpaired) electrons. The number of carbonyl (C=O) groups is 1. The highest BCUT2D eigenvalue weighted by Crippen LogP contribution is 2.13. The van der Waals surface area contributed by atoms with Crippen LogP contribution < -0.4 is 10.6 Å². The molecule has 1 unspecified atom stereocenters. The molecular weight excluding hydrogens is 292 g/mol. The summed E-state index contributed by atoms with van der Waals surface area (Å²) in [5.74, 6) is 0. The number of piperidine rings is 2. The van der Waals surface area contributed by atoms with Gasteiger partial charge in [-0.05, 0) is 45.8 Å². The zero-order valence-electron chi connectivity index (χ0n) is 12.8. The molecule has 0 aromatic rings. The summed E-state index contributed by atoms with van der Waals surface area (Å²) in [7, 11) is -1.09. The second-order valence-corrected chi connectivity index (χ2v) is 8.14. The van der Waals surface area contributed by atoms with Gasteiger partial charge in [-0.2, -0.15) is 0 Å². The summed E-state index contributed by atoms with van der Waals surface area (Å²) < 4.78 is 24.6. The van der Waals surface area contributed by atoms with Gasteiger partial charge >= 0.3 is 6.03 Å². The fourth-order valence-electron chi connectivity index (χ4n) is 2.93. The molecule has 2 aliphatic rings. The van der Waals surface area contributed by atoms with Gasteiger partial charge in [-0.15, -0.1) is 0 Å². The Morgan fingerprint density at radius 1 is 1.05 bits per heavy atom. The molecule has 2 heterocycles. The number of nitrogens with one attached hydrogen (secondary N) is 2. The second-order valence-electron chi connectivity index (χ2n) is 6.16. The zero-order chi connectivity index (χ0) is 15.5. The topological polar surface area (TPSA) is 81.8 Å². The number of carbonyl (C=O) groups excluding carboxylic acids is 1. The Bertz CT molecular complexity index is 460. The normalized spacial score (nSPS) is 26.5. The Morgan fingerprint density at radius 3 is 2.29 bits per heavy atom. The van der Waals surface area contributed by atoms with Crippen molar-refractivity contribution in [1.82, 2.24) is 19.8 Å². The zero-order valence-corrected chi connectivity index (χ0v) is 13.7. The number of amides is 2. The van der Waals surface area contributed by atoms with Crippen molar-refractivity contribution in [3.05, 3.63) is 0 Å². The molecular formula is C13H26N4O3S. The summed E-state index contributed by atoms with van der Waals surface area (Å²) in [5, 5.41) is 5.91. The Labute approximate surface area is 127 Å². The maximum absolute atomic E-state index is 12.0. The number of nitrogens with zero attached hydrogens (tertiary/aromatic N) is 2. The van der Waals surface area contributed by atoms with E-state index in [0.717, 1.165) is 38.8 Å². The van der Waals surface area contributed by atoms with Crippen LogP contribution in [0.25, 0.3) is 0 Å². The van der Waals surface area contributed by atoms with E-state index in [9.17, 15) is 13.2 Å². The van der Waals surface area contributed by atoms with E-state index in [1.54, 1.807) is 0 Å². The van der Waals surface area contributed by atoms with E-state index in [0.29, 0.717) is 13.1 Å². The molecule has 2 saturated heterocycles. The van der Waals surface area contributed by atoms with Crippen LogP contribution in [0.2, 0.25) is 0 Å². The molecule has 0 saturated carbocycles. The minimum Gasteiger partial charge on any atom is -0.335 e. The maximum atomic E-state index is 12.0. The number of hydrogen-bond acceptors (Lipinski definition) is 4. The van der Waals surface area contributed by atoms with Gasteiger partial charge in [0.1, 0.15) is 0 Å². The van der Waals surface area contributed by atoms with Gasteiger partial charge < -0.3 is 15.5 Å². The van der Waals surface area contributed by atoms with E-state index < -0.39 is 10.0 Å². The van der Waals surface area contributed by atoms with Crippen molar-refractivity contribution in [2.45, 2.75) is 37.8 Å². The molecule has 7 nitrogen and oxygen atoms in total. The smallest absolute Gasteiger partial charge is 0.315 e. The van der Waals surface area contributed by atoms with Crippen LogP contribution >= 0.6 is 0 Å². The minimum absolute atomic E-state index is 0.0975. The molecule has 8 heteroatoms. The SMILES string of the molecule is CN1CCC(NC(=O)NC2CCCN(S(C)(=O)=O)C2)CC1. The molecule has 1 atom stereocenters. The van der Waals surface area contributed by atoms with E-state index in [1.165, 1.54) is 10.6 Å². The number of hydrogen-bond donors (Lipinski definition) is 2. The average molecular weight is 318 g/mol. The van der Waals surface area contributed by atoms with Crippen molar-refractivity contribution >= 4 is 16.1 Å². The van der Waals surface area contributed by atoms with Crippen molar-refractivity contribution in [3.8, 4) is 0 Å². The molecule has 0 bridgehead atoms. The van der Waals surface area contributed by atoms with Crippen LogP contribution in [-0.4, -0.2) is 75.2 Å². The first-order chi connectivity index (χ1) is 9.84. The van der Waals surface area contributed by atoms with Crippen LogP contribution in [0.15, 0.2) is 0 Å². The molecule has 2 N–H and O–H groups in total. The van der Waals surface area contributed by atoms with Gasteiger partial charge in [0.25, 0.3) is 0 Å². The van der Waals surface area contributed by atoms with Gasteiger partial charge in [0.2, 0.25) is 10.0 Å². The highest BCUT2D eigenvalue weighted by Gasteiger charge is 2.27. The highest BCUT2D eigenvalue weighted by atomic mass is 32.2. The van der Waals surface area contributed by atoms with Gasteiger partial charge in [-0.1, -0.05) is 0 Å². The first kappa shape index (κ1) is 16.5. The summed E-state index contributed by atoms with van der Waals surface area (Å²) >= 11 is 0. The molecule has 2 fully saturated rings. The van der Waals surface area contributed by atoms with E-state index in [4.69, 9.17) is 0 Å². The van der Waals surface area contributed by atoms with Crippen LogP contribution in [0.4, 0.5) is 4.79 Å². The van der Waals surface area contributed by atoms with Crippen molar-refractivity contribution in [2.24, 2.45) is 0 Å². The van der Waals surface area contributed by atoms with Crippen LogP contribution in [0, 0.1) is 0 Å². The number of urea groups is 1. The molecule has 2 aliphatic heterocycles. The van der Waals surface area contributed by atoms with Crippen molar-refractivity contribution in [2.75, 3.05) is 39.5 Å². The molecule has 122 valence electrons. The summed E-state index contributed by atoms with van der Waals surface area (Å²) in [5.41, 5.74) is 0. The summed E-state index contributed by atoms with van der Waals surface area (Å²) in [6, 6.07) is -0.0551. The van der Waals surface area contributed by atoms with Gasteiger partial charge in [0.15, 0.2) is 0 Å². The van der Waals surface area contributed by atoms with Gasteiger partial charge in [-0.25, -0.2) is 17.5 Å². The van der Waals surface area contributed by atoms with E-state index >= 15 is 0 Å². The largest absolute Gasteiger partial charge is 0.335 e. The highest BCUT2D eigenvalue weighted by molar-refractivity contribution is 7.88. The number of sulfonamides is 1. The molecule has 21 heavy (non-hydrogen) atoms. The third-order valence-electron chi connectivity index (χ3n) is 4.24. The van der Waals surface area contributed by atoms with Gasteiger partial charge in [0.05, 0.1) is 6.26 Å². The van der Waals surface area contributed by atoms with E-state index in [-0.39, 0.29) is 18.1 Å². The first-order valence-corrected chi connectivity index (χ1v) is 9.40. The Hall–Kier alpha value is -0.860. The molecule has 2 amide bonds. The van der Waals surface area contributed by atoms with Crippen LogP contribution in [0.5, 0.6) is 0 Å². The summed E-state index contributed by atoms with van der Waals surface area (Å²) in [4.78, 5) is 14.3. The predicted octanol–water partition coefficient (Wildman–Crippen LogP) is -0.196.